The molecule has 0 radical (unpaired) electrons. The number of rotatable bonds is 4. The van der Waals surface area contributed by atoms with Crippen molar-refractivity contribution in [2.24, 2.45) is 0 Å². The molecular formula is C8H9O3S-. The Bertz CT molecular complexity index is 239. The third-order valence-corrected chi connectivity index (χ3v) is 2.21. The van der Waals surface area contributed by atoms with E-state index >= 15 is 0 Å². The lowest BCUT2D eigenvalue weighted by molar-refractivity contribution is -0.777. The lowest BCUT2D eigenvalue weighted by atomic mass is 10.2. The highest BCUT2D eigenvalue weighted by Crippen LogP contribution is 2.23. The van der Waals surface area contributed by atoms with Crippen LogP contribution in [-0.2, 0) is 15.8 Å². The zero-order valence-corrected chi connectivity index (χ0v) is 7.47. The van der Waals surface area contributed by atoms with Gasteiger partial charge in [0.05, 0.1) is 12.0 Å². The van der Waals surface area contributed by atoms with Gasteiger partial charge in [-0.1, -0.05) is 25.1 Å². The van der Waals surface area contributed by atoms with Gasteiger partial charge in [0.25, 0.3) is 0 Å². The lowest BCUT2D eigenvalue weighted by Gasteiger charge is -2.06. The average molecular weight is 185 g/mol. The number of hydrogen-bond acceptors (Lipinski definition) is 4. The Hall–Kier alpha value is -0.550. The van der Waals surface area contributed by atoms with Crippen molar-refractivity contribution >= 4 is 12.0 Å². The Morgan fingerprint density at radius 1 is 1.42 bits per heavy atom. The fraction of sp³-hybridized carbons (Fsp3) is 0.250. The second kappa shape index (κ2) is 5.16. The van der Waals surface area contributed by atoms with Crippen molar-refractivity contribution in [2.75, 3.05) is 0 Å². The summed E-state index contributed by atoms with van der Waals surface area (Å²) >= 11 is 0.937. The van der Waals surface area contributed by atoms with Gasteiger partial charge in [-0.2, -0.15) is 4.33 Å². The van der Waals surface area contributed by atoms with E-state index in [1.165, 1.54) is 0 Å². The SMILES string of the molecule is CCc1ccccc1SOO[O-]. The van der Waals surface area contributed by atoms with Crippen LogP contribution in [0.15, 0.2) is 29.2 Å². The summed E-state index contributed by atoms with van der Waals surface area (Å²) < 4.78 is 4.22. The molecule has 0 spiro atoms. The highest BCUT2D eigenvalue weighted by atomic mass is 32.2. The van der Waals surface area contributed by atoms with Gasteiger partial charge in [0, 0.05) is 4.90 Å². The summed E-state index contributed by atoms with van der Waals surface area (Å²) in [5, 5.41) is 12.8. The zero-order chi connectivity index (χ0) is 8.81. The number of aryl methyl sites for hydroxylation is 1. The van der Waals surface area contributed by atoms with E-state index < -0.39 is 0 Å². The molecule has 0 aliphatic heterocycles. The molecule has 0 atom stereocenters. The maximum absolute atomic E-state index is 9.56. The smallest absolute Gasteiger partial charge is 0.0677 e. The standard InChI is InChI=1S/C8H10O3S/c1-2-7-5-3-4-6-8(7)12-11-10-9/h3-6,9H,2H2,1H3/p-1. The molecule has 4 heteroatoms. The molecule has 0 aliphatic carbocycles. The first-order valence-corrected chi connectivity index (χ1v) is 4.33. The molecule has 3 nitrogen and oxygen atoms in total. The molecule has 0 aromatic heterocycles. The molecule has 0 saturated carbocycles. The van der Waals surface area contributed by atoms with E-state index in [-0.39, 0.29) is 0 Å². The van der Waals surface area contributed by atoms with Crippen LogP contribution < -0.4 is 5.26 Å². The van der Waals surface area contributed by atoms with Crippen LogP contribution in [0, 0.1) is 0 Å². The van der Waals surface area contributed by atoms with Crippen molar-refractivity contribution in [1.82, 2.24) is 0 Å². The van der Waals surface area contributed by atoms with Crippen molar-refractivity contribution in [2.45, 2.75) is 18.2 Å². The molecule has 0 N–H and O–H groups in total. The summed E-state index contributed by atoms with van der Waals surface area (Å²) in [7, 11) is 0. The monoisotopic (exact) mass is 185 g/mol. The molecule has 0 fully saturated rings. The summed E-state index contributed by atoms with van der Waals surface area (Å²) in [4.78, 5) is 0.913. The number of hydrogen-bond donors (Lipinski definition) is 0. The topological polar surface area (TPSA) is 41.5 Å². The molecule has 1 aromatic rings. The van der Waals surface area contributed by atoms with Crippen molar-refractivity contribution in [3.05, 3.63) is 29.8 Å². The minimum Gasteiger partial charge on any atom is -0.691 e. The van der Waals surface area contributed by atoms with Crippen LogP contribution in [0.4, 0.5) is 0 Å². The quantitative estimate of drug-likeness (QED) is 0.405. The Balaban J connectivity index is 2.68. The summed E-state index contributed by atoms with van der Waals surface area (Å²) in [6.45, 7) is 2.04. The van der Waals surface area contributed by atoms with Gasteiger partial charge >= 0.3 is 0 Å². The molecule has 0 amide bonds. The Labute approximate surface area is 75.4 Å². The van der Waals surface area contributed by atoms with E-state index in [0.717, 1.165) is 28.9 Å². The Kier molecular flexibility index (Phi) is 4.10. The second-order valence-electron chi connectivity index (χ2n) is 2.18. The van der Waals surface area contributed by atoms with E-state index in [1.807, 2.05) is 31.2 Å². The second-order valence-corrected chi connectivity index (χ2v) is 2.92. The molecule has 0 aliphatic rings. The third kappa shape index (κ3) is 2.49. The predicted octanol–water partition coefficient (Wildman–Crippen LogP) is 1.48. The maximum Gasteiger partial charge on any atom is 0.0677 e. The zero-order valence-electron chi connectivity index (χ0n) is 6.65. The minimum absolute atomic E-state index is 0.908. The van der Waals surface area contributed by atoms with E-state index in [1.54, 1.807) is 0 Å². The predicted molar refractivity (Wildman–Crippen MR) is 43.8 cm³/mol. The molecule has 1 aromatic carbocycles. The molecule has 12 heavy (non-hydrogen) atoms. The largest absolute Gasteiger partial charge is 0.691 e. The number of benzene rings is 1. The van der Waals surface area contributed by atoms with Gasteiger partial charge in [0.2, 0.25) is 0 Å². The summed E-state index contributed by atoms with van der Waals surface area (Å²) in [6.07, 6.45) is 0.908. The van der Waals surface area contributed by atoms with E-state index in [4.69, 9.17) is 0 Å². The van der Waals surface area contributed by atoms with Gasteiger partial charge in [0.1, 0.15) is 0 Å². The van der Waals surface area contributed by atoms with Crippen LogP contribution in [0.2, 0.25) is 0 Å². The van der Waals surface area contributed by atoms with Crippen molar-refractivity contribution < 1.29 is 14.6 Å². The van der Waals surface area contributed by atoms with Gasteiger partial charge < -0.3 is 5.26 Å². The van der Waals surface area contributed by atoms with Crippen LogP contribution in [0.3, 0.4) is 0 Å². The molecule has 0 unspecified atom stereocenters. The molecule has 0 bridgehead atoms. The van der Waals surface area contributed by atoms with Crippen LogP contribution in [0.25, 0.3) is 0 Å². The van der Waals surface area contributed by atoms with E-state index in [2.05, 4.69) is 9.37 Å². The minimum atomic E-state index is 0.908. The molecular weight excluding hydrogens is 176 g/mol. The third-order valence-electron chi connectivity index (χ3n) is 1.51. The first-order chi connectivity index (χ1) is 5.88. The maximum atomic E-state index is 9.56. The normalized spacial score (nSPS) is 10.2. The van der Waals surface area contributed by atoms with Gasteiger partial charge in [-0.25, -0.2) is 0 Å². The summed E-state index contributed by atoms with van der Waals surface area (Å²) in [6, 6.07) is 7.69. The molecule has 0 heterocycles. The summed E-state index contributed by atoms with van der Waals surface area (Å²) in [5.74, 6) is 0. The average Bonchev–Trinajstić information content (AvgIpc) is 2.15. The van der Waals surface area contributed by atoms with Gasteiger partial charge in [0.15, 0.2) is 0 Å². The molecule has 66 valence electrons. The van der Waals surface area contributed by atoms with Crippen LogP contribution in [-0.4, -0.2) is 0 Å². The first-order valence-electron chi connectivity index (χ1n) is 3.59. The van der Waals surface area contributed by atoms with Crippen LogP contribution in [0.1, 0.15) is 12.5 Å². The fourth-order valence-electron chi connectivity index (χ4n) is 0.928. The summed E-state index contributed by atoms with van der Waals surface area (Å²) in [5.41, 5.74) is 1.14. The first kappa shape index (κ1) is 9.54. The molecule has 1 rings (SSSR count). The highest BCUT2D eigenvalue weighted by molar-refractivity contribution is 7.94. The van der Waals surface area contributed by atoms with Crippen LogP contribution in [0.5, 0.6) is 0 Å². The fourth-order valence-corrected chi connectivity index (χ4v) is 1.48. The highest BCUT2D eigenvalue weighted by Gasteiger charge is 1.99. The Morgan fingerprint density at radius 2 is 2.17 bits per heavy atom. The van der Waals surface area contributed by atoms with Gasteiger partial charge in [-0.15, -0.1) is 0 Å². The van der Waals surface area contributed by atoms with Crippen molar-refractivity contribution in [3.63, 3.8) is 0 Å². The van der Waals surface area contributed by atoms with Gasteiger partial charge in [-0.05, 0) is 18.1 Å². The van der Waals surface area contributed by atoms with E-state index in [0.29, 0.717) is 0 Å². The van der Waals surface area contributed by atoms with Gasteiger partial charge in [-0.3, -0.25) is 5.04 Å². The van der Waals surface area contributed by atoms with Crippen LogP contribution >= 0.6 is 12.0 Å². The van der Waals surface area contributed by atoms with E-state index in [9.17, 15) is 5.26 Å². The molecule has 0 saturated heterocycles. The van der Waals surface area contributed by atoms with Crippen molar-refractivity contribution in [1.29, 1.82) is 0 Å². The lowest BCUT2D eigenvalue weighted by Crippen LogP contribution is -2.01. The Morgan fingerprint density at radius 3 is 2.83 bits per heavy atom. The van der Waals surface area contributed by atoms with Crippen molar-refractivity contribution in [3.8, 4) is 0 Å².